The van der Waals surface area contributed by atoms with Crippen LogP contribution in [0.4, 0.5) is 16.3 Å². The van der Waals surface area contributed by atoms with Crippen LogP contribution in [0.3, 0.4) is 0 Å². The molecule has 0 saturated carbocycles. The molecule has 1 heterocycles. The molecule has 2 aromatic rings. The van der Waals surface area contributed by atoms with Crippen molar-refractivity contribution in [3.05, 3.63) is 48.2 Å². The molecule has 0 saturated heterocycles. The molecule has 1 amide bonds. The molecule has 1 aromatic heterocycles. The normalized spacial score (nSPS) is 11.7. The maximum absolute atomic E-state index is 11.7. The molecule has 0 atom stereocenters. The van der Waals surface area contributed by atoms with Gasteiger partial charge in [-0.1, -0.05) is 12.1 Å². The highest BCUT2D eigenvalue weighted by Crippen LogP contribution is 2.13. The second kappa shape index (κ2) is 8.36. The van der Waals surface area contributed by atoms with Crippen LogP contribution in [0.25, 0.3) is 0 Å². The van der Waals surface area contributed by atoms with Crippen molar-refractivity contribution in [1.82, 2.24) is 4.98 Å². The zero-order chi connectivity index (χ0) is 20.1. The summed E-state index contributed by atoms with van der Waals surface area (Å²) in [6.45, 7) is 5.99. The van der Waals surface area contributed by atoms with E-state index in [2.05, 4.69) is 15.6 Å². The Bertz CT molecular complexity index is 873. The van der Waals surface area contributed by atoms with Crippen molar-refractivity contribution in [1.29, 1.82) is 0 Å². The van der Waals surface area contributed by atoms with Crippen molar-refractivity contribution >= 4 is 27.6 Å². The molecule has 2 rings (SSSR count). The number of pyridine rings is 1. The number of nitrogens with zero attached hydrogens (tertiary/aromatic N) is 1. The Morgan fingerprint density at radius 2 is 1.81 bits per heavy atom. The summed E-state index contributed by atoms with van der Waals surface area (Å²) in [5.74, 6) is 0.658. The fraction of sp³-hybridized carbons (Fsp3) is 0.333. The summed E-state index contributed by atoms with van der Waals surface area (Å²) in [4.78, 5) is 16.0. The minimum absolute atomic E-state index is 0.0916. The van der Waals surface area contributed by atoms with E-state index in [0.717, 1.165) is 5.56 Å². The van der Waals surface area contributed by atoms with Gasteiger partial charge in [-0.05, 0) is 57.0 Å². The number of rotatable bonds is 6. The van der Waals surface area contributed by atoms with E-state index in [1.54, 1.807) is 45.0 Å². The molecule has 0 unspecified atom stereocenters. The molecule has 0 aliphatic heterocycles. The molecule has 1 aromatic carbocycles. The lowest BCUT2D eigenvalue weighted by molar-refractivity contribution is 0.0636. The van der Waals surface area contributed by atoms with Gasteiger partial charge in [0.15, 0.2) is 0 Å². The number of carbonyl (C=O) groups is 1. The standard InChI is InChI=1S/C18H24N4O4S/c1-18(2,3)26-17(23)22-14-6-9-16(21-12-14)20-11-10-13-4-7-15(8-5-13)27(19,24)25/h4-9,12H,10-11H2,1-3H3,(H,20,21)(H,22,23)(H2,19,24,25). The Morgan fingerprint density at radius 3 is 2.33 bits per heavy atom. The van der Waals surface area contributed by atoms with Crippen LogP contribution >= 0.6 is 0 Å². The van der Waals surface area contributed by atoms with E-state index in [9.17, 15) is 13.2 Å². The average molecular weight is 392 g/mol. The molecule has 0 aliphatic rings. The lowest BCUT2D eigenvalue weighted by Crippen LogP contribution is -2.27. The van der Waals surface area contributed by atoms with Crippen molar-refractivity contribution in [2.75, 3.05) is 17.2 Å². The van der Waals surface area contributed by atoms with Gasteiger partial charge in [-0.25, -0.2) is 23.3 Å². The fourth-order valence-corrected chi connectivity index (χ4v) is 2.69. The molecular formula is C18H24N4O4S. The highest BCUT2D eigenvalue weighted by molar-refractivity contribution is 7.89. The highest BCUT2D eigenvalue weighted by Gasteiger charge is 2.16. The predicted molar refractivity (Wildman–Crippen MR) is 104 cm³/mol. The fourth-order valence-electron chi connectivity index (χ4n) is 2.17. The van der Waals surface area contributed by atoms with Gasteiger partial charge in [-0.3, -0.25) is 5.32 Å². The van der Waals surface area contributed by atoms with E-state index < -0.39 is 21.7 Å². The Labute approximate surface area is 159 Å². The maximum Gasteiger partial charge on any atom is 0.412 e. The second-order valence-corrected chi connectivity index (χ2v) is 8.49. The van der Waals surface area contributed by atoms with Gasteiger partial charge in [0.2, 0.25) is 10.0 Å². The average Bonchev–Trinajstić information content (AvgIpc) is 2.54. The molecule has 8 nitrogen and oxygen atoms in total. The van der Waals surface area contributed by atoms with E-state index in [4.69, 9.17) is 9.88 Å². The number of sulfonamides is 1. The lowest BCUT2D eigenvalue weighted by atomic mass is 10.1. The van der Waals surface area contributed by atoms with Gasteiger partial charge in [-0.15, -0.1) is 0 Å². The van der Waals surface area contributed by atoms with E-state index in [1.165, 1.54) is 18.3 Å². The Hall–Kier alpha value is -2.65. The van der Waals surface area contributed by atoms with E-state index >= 15 is 0 Å². The van der Waals surface area contributed by atoms with Crippen molar-refractivity contribution in [2.45, 2.75) is 37.7 Å². The van der Waals surface area contributed by atoms with Crippen molar-refractivity contribution in [2.24, 2.45) is 5.14 Å². The molecule has 0 bridgehead atoms. The monoisotopic (exact) mass is 392 g/mol. The molecule has 0 aliphatic carbocycles. The summed E-state index contributed by atoms with van der Waals surface area (Å²) < 4.78 is 27.6. The first-order chi connectivity index (χ1) is 12.5. The van der Waals surface area contributed by atoms with Crippen LogP contribution in [0.5, 0.6) is 0 Å². The number of hydrogen-bond acceptors (Lipinski definition) is 6. The zero-order valence-electron chi connectivity index (χ0n) is 15.5. The number of carbonyl (C=O) groups excluding carboxylic acids is 1. The Balaban J connectivity index is 1.82. The minimum atomic E-state index is -3.67. The van der Waals surface area contributed by atoms with E-state index in [0.29, 0.717) is 24.5 Å². The van der Waals surface area contributed by atoms with Gasteiger partial charge in [0.05, 0.1) is 16.8 Å². The number of nitrogens with two attached hydrogens (primary N) is 1. The zero-order valence-corrected chi connectivity index (χ0v) is 16.3. The number of nitrogens with one attached hydrogen (secondary N) is 2. The van der Waals surface area contributed by atoms with Crippen LogP contribution in [0.1, 0.15) is 26.3 Å². The molecule has 9 heteroatoms. The molecule has 0 spiro atoms. The predicted octanol–water partition coefficient (Wildman–Crippen LogP) is 2.73. The van der Waals surface area contributed by atoms with Crippen molar-refractivity contribution in [3.63, 3.8) is 0 Å². The number of amides is 1. The summed E-state index contributed by atoms with van der Waals surface area (Å²) in [5, 5.41) is 10.8. The van der Waals surface area contributed by atoms with Gasteiger partial charge < -0.3 is 10.1 Å². The van der Waals surface area contributed by atoms with Crippen LogP contribution < -0.4 is 15.8 Å². The summed E-state index contributed by atoms with van der Waals surface area (Å²) in [5.41, 5.74) is 0.942. The van der Waals surface area contributed by atoms with Crippen LogP contribution in [-0.4, -0.2) is 31.6 Å². The van der Waals surface area contributed by atoms with Gasteiger partial charge in [0.25, 0.3) is 0 Å². The first-order valence-corrected chi connectivity index (χ1v) is 9.89. The van der Waals surface area contributed by atoms with Gasteiger partial charge in [0.1, 0.15) is 11.4 Å². The maximum atomic E-state index is 11.7. The molecule has 146 valence electrons. The first kappa shape index (κ1) is 20.7. The molecule has 4 N–H and O–H groups in total. The SMILES string of the molecule is CC(C)(C)OC(=O)Nc1ccc(NCCc2ccc(S(N)(=O)=O)cc2)nc1. The molecular weight excluding hydrogens is 368 g/mol. The summed E-state index contributed by atoms with van der Waals surface area (Å²) in [6, 6.07) is 9.89. The Morgan fingerprint density at radius 1 is 1.15 bits per heavy atom. The topological polar surface area (TPSA) is 123 Å². The third-order valence-corrected chi connectivity index (χ3v) is 4.31. The molecule has 0 radical (unpaired) electrons. The lowest BCUT2D eigenvalue weighted by Gasteiger charge is -2.19. The van der Waals surface area contributed by atoms with E-state index in [1.807, 2.05) is 0 Å². The Kier molecular flexibility index (Phi) is 6.40. The molecule has 27 heavy (non-hydrogen) atoms. The minimum Gasteiger partial charge on any atom is -0.444 e. The quantitative estimate of drug-likeness (QED) is 0.694. The summed E-state index contributed by atoms with van der Waals surface area (Å²) in [7, 11) is -3.67. The van der Waals surface area contributed by atoms with Gasteiger partial charge in [0, 0.05) is 6.54 Å². The largest absolute Gasteiger partial charge is 0.444 e. The van der Waals surface area contributed by atoms with Crippen molar-refractivity contribution in [3.8, 4) is 0 Å². The third-order valence-electron chi connectivity index (χ3n) is 3.38. The van der Waals surface area contributed by atoms with Crippen LogP contribution in [0.15, 0.2) is 47.5 Å². The van der Waals surface area contributed by atoms with Crippen molar-refractivity contribution < 1.29 is 17.9 Å². The number of benzene rings is 1. The number of anilines is 2. The highest BCUT2D eigenvalue weighted by atomic mass is 32.2. The summed E-state index contributed by atoms with van der Waals surface area (Å²) >= 11 is 0. The van der Waals surface area contributed by atoms with E-state index in [-0.39, 0.29) is 4.90 Å². The molecule has 0 fully saturated rings. The third kappa shape index (κ3) is 7.24. The number of ether oxygens (including phenoxy) is 1. The first-order valence-electron chi connectivity index (χ1n) is 8.35. The van der Waals surface area contributed by atoms with Gasteiger partial charge >= 0.3 is 6.09 Å². The second-order valence-electron chi connectivity index (χ2n) is 6.92. The van der Waals surface area contributed by atoms with Gasteiger partial charge in [-0.2, -0.15) is 0 Å². The number of primary sulfonamides is 1. The van der Waals surface area contributed by atoms with Crippen LogP contribution in [0.2, 0.25) is 0 Å². The summed E-state index contributed by atoms with van der Waals surface area (Å²) in [6.07, 6.45) is 1.69. The smallest absolute Gasteiger partial charge is 0.412 e. The number of hydrogen-bond donors (Lipinski definition) is 3. The number of aromatic nitrogens is 1. The van der Waals surface area contributed by atoms with Crippen LogP contribution in [-0.2, 0) is 21.2 Å². The van der Waals surface area contributed by atoms with Crippen LogP contribution in [0, 0.1) is 0 Å².